The van der Waals surface area contributed by atoms with Gasteiger partial charge in [-0.25, -0.2) is 0 Å². The monoisotopic (exact) mass is 255 g/mol. The van der Waals surface area contributed by atoms with Crippen LogP contribution in [0.1, 0.15) is 33.6 Å². The Kier molecular flexibility index (Phi) is 6.38. The van der Waals surface area contributed by atoms with Crippen LogP contribution < -0.4 is 10.1 Å². The van der Waals surface area contributed by atoms with Crippen molar-refractivity contribution in [2.45, 2.75) is 45.8 Å². The van der Waals surface area contributed by atoms with Crippen LogP contribution in [0.5, 0.6) is 5.75 Å². The SMILES string of the molecule is CC(C)NCCCC(C)Oc1cccc(Cl)c1. The van der Waals surface area contributed by atoms with Gasteiger partial charge < -0.3 is 10.1 Å². The van der Waals surface area contributed by atoms with Crippen molar-refractivity contribution in [1.82, 2.24) is 5.32 Å². The molecule has 0 heterocycles. The van der Waals surface area contributed by atoms with Gasteiger partial charge >= 0.3 is 0 Å². The highest BCUT2D eigenvalue weighted by Gasteiger charge is 2.04. The van der Waals surface area contributed by atoms with Gasteiger partial charge in [0.2, 0.25) is 0 Å². The number of ether oxygens (including phenoxy) is 1. The molecule has 1 rings (SSSR count). The highest BCUT2D eigenvalue weighted by molar-refractivity contribution is 6.30. The van der Waals surface area contributed by atoms with Crippen LogP contribution in [-0.4, -0.2) is 18.7 Å². The Balaban J connectivity index is 2.23. The van der Waals surface area contributed by atoms with E-state index in [-0.39, 0.29) is 6.10 Å². The summed E-state index contributed by atoms with van der Waals surface area (Å²) in [5, 5.41) is 4.12. The molecule has 1 atom stereocenters. The molecule has 1 aromatic carbocycles. The maximum absolute atomic E-state index is 5.90. The average molecular weight is 256 g/mol. The zero-order chi connectivity index (χ0) is 12.7. The van der Waals surface area contributed by atoms with Crippen molar-refractivity contribution in [3.8, 4) is 5.75 Å². The Bertz CT molecular complexity index is 328. The molecule has 0 aliphatic rings. The Morgan fingerprint density at radius 3 is 2.71 bits per heavy atom. The Morgan fingerprint density at radius 2 is 2.06 bits per heavy atom. The summed E-state index contributed by atoms with van der Waals surface area (Å²) in [6.07, 6.45) is 2.40. The Labute approximate surface area is 109 Å². The predicted octanol–water partition coefficient (Wildman–Crippen LogP) is 3.89. The zero-order valence-corrected chi connectivity index (χ0v) is 11.6. The maximum atomic E-state index is 5.90. The van der Waals surface area contributed by atoms with E-state index < -0.39 is 0 Å². The molecule has 0 fully saturated rings. The van der Waals surface area contributed by atoms with Crippen LogP contribution in [0.15, 0.2) is 24.3 Å². The first-order valence-electron chi connectivity index (χ1n) is 6.23. The second kappa shape index (κ2) is 7.57. The molecule has 0 saturated carbocycles. The molecule has 0 spiro atoms. The molecule has 0 aromatic heterocycles. The molecule has 0 radical (unpaired) electrons. The van der Waals surface area contributed by atoms with E-state index in [1.54, 1.807) is 0 Å². The quantitative estimate of drug-likeness (QED) is 0.747. The molecule has 3 heteroatoms. The van der Waals surface area contributed by atoms with E-state index in [4.69, 9.17) is 16.3 Å². The van der Waals surface area contributed by atoms with Crippen molar-refractivity contribution < 1.29 is 4.74 Å². The van der Waals surface area contributed by atoms with Gasteiger partial charge in [-0.1, -0.05) is 31.5 Å². The number of hydrogen-bond donors (Lipinski definition) is 1. The average Bonchev–Trinajstić information content (AvgIpc) is 2.24. The van der Waals surface area contributed by atoms with Crippen LogP contribution in [0.4, 0.5) is 0 Å². The van der Waals surface area contributed by atoms with Gasteiger partial charge in [0, 0.05) is 11.1 Å². The van der Waals surface area contributed by atoms with Gasteiger partial charge in [0.25, 0.3) is 0 Å². The lowest BCUT2D eigenvalue weighted by Gasteiger charge is -2.15. The van der Waals surface area contributed by atoms with E-state index in [2.05, 4.69) is 26.1 Å². The minimum absolute atomic E-state index is 0.224. The fraction of sp³-hybridized carbons (Fsp3) is 0.571. The molecular formula is C14H22ClNO. The number of halogens is 1. The molecule has 0 aliphatic heterocycles. The second-order valence-corrected chi connectivity index (χ2v) is 5.07. The van der Waals surface area contributed by atoms with Crippen molar-refractivity contribution in [3.63, 3.8) is 0 Å². The molecule has 0 bridgehead atoms. The summed E-state index contributed by atoms with van der Waals surface area (Å²) in [4.78, 5) is 0. The minimum atomic E-state index is 0.224. The summed E-state index contributed by atoms with van der Waals surface area (Å²) in [6.45, 7) is 7.45. The summed E-state index contributed by atoms with van der Waals surface area (Å²) in [5.41, 5.74) is 0. The first kappa shape index (κ1) is 14.3. The van der Waals surface area contributed by atoms with Crippen LogP contribution >= 0.6 is 11.6 Å². The van der Waals surface area contributed by atoms with Crippen LogP contribution in [0.3, 0.4) is 0 Å². The molecule has 1 N–H and O–H groups in total. The number of hydrogen-bond acceptors (Lipinski definition) is 2. The molecule has 0 saturated heterocycles. The van der Waals surface area contributed by atoms with Crippen LogP contribution in [-0.2, 0) is 0 Å². The van der Waals surface area contributed by atoms with E-state index in [0.29, 0.717) is 6.04 Å². The standard InChI is InChI=1S/C14H22ClNO/c1-11(2)16-9-5-6-12(3)17-14-8-4-7-13(15)10-14/h4,7-8,10-12,16H,5-6,9H2,1-3H3. The Hall–Kier alpha value is -0.730. The lowest BCUT2D eigenvalue weighted by Crippen LogP contribution is -2.25. The van der Waals surface area contributed by atoms with Gasteiger partial charge in [0.15, 0.2) is 0 Å². The minimum Gasteiger partial charge on any atom is -0.491 e. The van der Waals surface area contributed by atoms with Gasteiger partial charge in [-0.15, -0.1) is 0 Å². The van der Waals surface area contributed by atoms with Crippen molar-refractivity contribution in [2.24, 2.45) is 0 Å². The van der Waals surface area contributed by atoms with Gasteiger partial charge in [-0.05, 0) is 44.5 Å². The fourth-order valence-electron chi connectivity index (χ4n) is 1.61. The van der Waals surface area contributed by atoms with Gasteiger partial charge in [0.05, 0.1) is 6.10 Å². The maximum Gasteiger partial charge on any atom is 0.121 e. The highest BCUT2D eigenvalue weighted by Crippen LogP contribution is 2.19. The number of benzene rings is 1. The normalized spacial score (nSPS) is 12.8. The summed E-state index contributed by atoms with van der Waals surface area (Å²) in [7, 11) is 0. The summed E-state index contributed by atoms with van der Waals surface area (Å²) in [6, 6.07) is 8.11. The number of rotatable bonds is 7. The number of nitrogens with one attached hydrogen (secondary N) is 1. The molecule has 0 aliphatic carbocycles. The Morgan fingerprint density at radius 1 is 1.29 bits per heavy atom. The largest absolute Gasteiger partial charge is 0.491 e. The second-order valence-electron chi connectivity index (χ2n) is 4.64. The van der Waals surface area contributed by atoms with Crippen molar-refractivity contribution in [2.75, 3.05) is 6.54 Å². The predicted molar refractivity (Wildman–Crippen MR) is 73.9 cm³/mol. The third-order valence-electron chi connectivity index (χ3n) is 2.47. The van der Waals surface area contributed by atoms with Gasteiger partial charge in [0.1, 0.15) is 5.75 Å². The van der Waals surface area contributed by atoms with Crippen LogP contribution in [0.25, 0.3) is 0 Å². The van der Waals surface area contributed by atoms with Crippen molar-refractivity contribution >= 4 is 11.6 Å². The smallest absolute Gasteiger partial charge is 0.121 e. The van der Waals surface area contributed by atoms with Crippen molar-refractivity contribution in [3.05, 3.63) is 29.3 Å². The molecule has 96 valence electrons. The molecule has 1 aromatic rings. The zero-order valence-electron chi connectivity index (χ0n) is 10.9. The third-order valence-corrected chi connectivity index (χ3v) is 2.71. The van der Waals surface area contributed by atoms with Crippen LogP contribution in [0.2, 0.25) is 5.02 Å². The van der Waals surface area contributed by atoms with Gasteiger partial charge in [-0.3, -0.25) is 0 Å². The van der Waals surface area contributed by atoms with Crippen molar-refractivity contribution in [1.29, 1.82) is 0 Å². The van der Waals surface area contributed by atoms with E-state index in [9.17, 15) is 0 Å². The lowest BCUT2D eigenvalue weighted by molar-refractivity contribution is 0.207. The summed E-state index contributed by atoms with van der Waals surface area (Å²) in [5.74, 6) is 0.849. The molecular weight excluding hydrogens is 234 g/mol. The third kappa shape index (κ3) is 6.54. The first-order valence-corrected chi connectivity index (χ1v) is 6.61. The van der Waals surface area contributed by atoms with E-state index in [1.165, 1.54) is 0 Å². The van der Waals surface area contributed by atoms with E-state index in [0.717, 1.165) is 30.2 Å². The topological polar surface area (TPSA) is 21.3 Å². The molecule has 2 nitrogen and oxygen atoms in total. The van der Waals surface area contributed by atoms with Gasteiger partial charge in [-0.2, -0.15) is 0 Å². The fourth-order valence-corrected chi connectivity index (χ4v) is 1.79. The van der Waals surface area contributed by atoms with E-state index in [1.807, 2.05) is 24.3 Å². The van der Waals surface area contributed by atoms with E-state index >= 15 is 0 Å². The van der Waals surface area contributed by atoms with Crippen LogP contribution in [0, 0.1) is 0 Å². The lowest BCUT2D eigenvalue weighted by atomic mass is 10.2. The molecule has 17 heavy (non-hydrogen) atoms. The highest BCUT2D eigenvalue weighted by atomic mass is 35.5. The first-order chi connectivity index (χ1) is 8.08. The molecule has 0 amide bonds. The summed E-state index contributed by atoms with van der Waals surface area (Å²) < 4.78 is 5.79. The summed E-state index contributed by atoms with van der Waals surface area (Å²) >= 11 is 5.90. The molecule has 1 unspecified atom stereocenters.